The summed E-state index contributed by atoms with van der Waals surface area (Å²) in [5.74, 6) is 0. The average molecular weight is 188 g/mol. The van der Waals surface area contributed by atoms with Gasteiger partial charge < -0.3 is 0 Å². The second-order valence-electron chi connectivity index (χ2n) is 3.17. The highest BCUT2D eigenvalue weighted by Gasteiger charge is 2.03. The molecule has 3 aromatic rings. The van der Waals surface area contributed by atoms with Crippen LogP contribution in [0.3, 0.4) is 0 Å². The Morgan fingerprint density at radius 2 is 2.31 bits per heavy atom. The molecule has 0 saturated carbocycles. The van der Waals surface area contributed by atoms with Crippen LogP contribution in [0, 0.1) is 6.92 Å². The topological polar surface area (TPSA) is 28.7 Å². The molecule has 0 aliphatic carbocycles. The van der Waals surface area contributed by atoms with Crippen molar-refractivity contribution in [2.45, 2.75) is 6.92 Å². The van der Waals surface area contributed by atoms with Gasteiger partial charge in [-0.15, -0.1) is 11.3 Å². The Morgan fingerprint density at radius 3 is 3.23 bits per heavy atom. The van der Waals surface area contributed by atoms with E-state index in [0.29, 0.717) is 0 Å². The number of fused-ring (bicyclic) bond motifs is 3. The Balaban J connectivity index is 2.64. The van der Waals surface area contributed by atoms with Crippen LogP contribution in [0.15, 0.2) is 24.4 Å². The second-order valence-corrected chi connectivity index (χ2v) is 4.46. The molecule has 0 unspecified atom stereocenters. The molecular formula is C10H8N2S. The highest BCUT2D eigenvalue weighted by molar-refractivity contribution is 7.19. The molecule has 2 aromatic heterocycles. The van der Waals surface area contributed by atoms with E-state index >= 15 is 0 Å². The third-order valence-corrected chi connectivity index (χ3v) is 3.25. The molecule has 3 heteroatoms. The van der Waals surface area contributed by atoms with Gasteiger partial charge in [0.05, 0.1) is 11.7 Å². The van der Waals surface area contributed by atoms with E-state index in [-0.39, 0.29) is 0 Å². The molecular weight excluding hydrogens is 180 g/mol. The van der Waals surface area contributed by atoms with Crippen molar-refractivity contribution >= 4 is 32.3 Å². The van der Waals surface area contributed by atoms with Crippen LogP contribution < -0.4 is 0 Å². The lowest BCUT2D eigenvalue weighted by Crippen LogP contribution is -1.68. The predicted octanol–water partition coefficient (Wildman–Crippen LogP) is 3.09. The summed E-state index contributed by atoms with van der Waals surface area (Å²) in [4.78, 5) is 1.34. The number of aryl methyl sites for hydroxylation is 1. The van der Waals surface area contributed by atoms with E-state index in [0.717, 1.165) is 5.52 Å². The number of hydrogen-bond donors (Lipinski definition) is 1. The van der Waals surface area contributed by atoms with Gasteiger partial charge in [0.15, 0.2) is 0 Å². The summed E-state index contributed by atoms with van der Waals surface area (Å²) in [6.45, 7) is 2.13. The SMILES string of the molecule is Cc1cc2c(ccc3cn[nH]c32)s1. The lowest BCUT2D eigenvalue weighted by Gasteiger charge is -1.89. The Bertz CT molecular complexity index is 577. The van der Waals surface area contributed by atoms with E-state index in [1.165, 1.54) is 20.3 Å². The van der Waals surface area contributed by atoms with Crippen LogP contribution in [-0.2, 0) is 0 Å². The minimum atomic E-state index is 1.15. The molecule has 3 rings (SSSR count). The van der Waals surface area contributed by atoms with Crippen molar-refractivity contribution in [3.8, 4) is 0 Å². The summed E-state index contributed by atoms with van der Waals surface area (Å²) in [5, 5.41) is 9.55. The zero-order chi connectivity index (χ0) is 8.84. The summed E-state index contributed by atoms with van der Waals surface area (Å²) in [6, 6.07) is 6.47. The number of aromatic nitrogens is 2. The number of aromatic amines is 1. The van der Waals surface area contributed by atoms with Crippen molar-refractivity contribution in [2.24, 2.45) is 0 Å². The van der Waals surface area contributed by atoms with Gasteiger partial charge in [0, 0.05) is 20.3 Å². The van der Waals surface area contributed by atoms with Crippen molar-refractivity contribution in [3.05, 3.63) is 29.3 Å². The molecule has 0 aliphatic rings. The molecule has 2 nitrogen and oxygen atoms in total. The van der Waals surface area contributed by atoms with Gasteiger partial charge in [0.25, 0.3) is 0 Å². The molecule has 0 radical (unpaired) electrons. The van der Waals surface area contributed by atoms with Crippen LogP contribution in [0.25, 0.3) is 21.0 Å². The Hall–Kier alpha value is -1.35. The van der Waals surface area contributed by atoms with Crippen molar-refractivity contribution < 1.29 is 0 Å². The van der Waals surface area contributed by atoms with Crippen LogP contribution in [0.4, 0.5) is 0 Å². The lowest BCUT2D eigenvalue weighted by atomic mass is 10.2. The third kappa shape index (κ3) is 0.906. The van der Waals surface area contributed by atoms with Crippen molar-refractivity contribution in [2.75, 3.05) is 0 Å². The standard InChI is InChI=1S/C10H8N2S/c1-6-4-8-9(13-6)3-2-7-5-11-12-10(7)8/h2-5H,1H3,(H,11,12). The average Bonchev–Trinajstić information content (AvgIpc) is 2.65. The lowest BCUT2D eigenvalue weighted by molar-refractivity contribution is 1.12. The number of hydrogen-bond acceptors (Lipinski definition) is 2. The summed E-state index contributed by atoms with van der Waals surface area (Å²) in [5.41, 5.74) is 1.15. The fraction of sp³-hybridized carbons (Fsp3) is 0.100. The number of nitrogens with one attached hydrogen (secondary N) is 1. The number of thiophene rings is 1. The van der Waals surface area contributed by atoms with Gasteiger partial charge in [-0.2, -0.15) is 5.10 Å². The van der Waals surface area contributed by atoms with E-state index in [2.05, 4.69) is 35.3 Å². The Morgan fingerprint density at radius 1 is 1.38 bits per heavy atom. The fourth-order valence-electron chi connectivity index (χ4n) is 1.65. The summed E-state index contributed by atoms with van der Waals surface area (Å²) >= 11 is 1.82. The zero-order valence-corrected chi connectivity index (χ0v) is 7.98. The molecule has 0 bridgehead atoms. The first kappa shape index (κ1) is 7.09. The van der Waals surface area contributed by atoms with Crippen LogP contribution in [0.5, 0.6) is 0 Å². The van der Waals surface area contributed by atoms with Gasteiger partial charge in [-0.3, -0.25) is 5.10 Å². The first-order valence-electron chi connectivity index (χ1n) is 4.17. The number of H-pyrrole nitrogens is 1. The minimum absolute atomic E-state index is 1.15. The third-order valence-electron chi connectivity index (χ3n) is 2.24. The maximum absolute atomic E-state index is 4.04. The van der Waals surface area contributed by atoms with Crippen molar-refractivity contribution in [1.29, 1.82) is 0 Å². The smallest absolute Gasteiger partial charge is 0.0737 e. The normalized spacial score (nSPS) is 11.5. The summed E-state index contributed by atoms with van der Waals surface area (Å²) in [7, 11) is 0. The molecule has 0 atom stereocenters. The maximum atomic E-state index is 4.04. The molecule has 0 amide bonds. The molecule has 64 valence electrons. The molecule has 2 heterocycles. The first-order valence-corrected chi connectivity index (χ1v) is 4.98. The molecule has 0 saturated heterocycles. The Labute approximate surface area is 79.2 Å². The number of rotatable bonds is 0. The number of benzene rings is 1. The second kappa shape index (κ2) is 2.33. The van der Waals surface area contributed by atoms with E-state index < -0.39 is 0 Å². The summed E-state index contributed by atoms with van der Waals surface area (Å²) in [6.07, 6.45) is 1.86. The molecule has 1 aromatic carbocycles. The fourth-order valence-corrected chi connectivity index (χ4v) is 2.59. The minimum Gasteiger partial charge on any atom is -0.277 e. The van der Waals surface area contributed by atoms with Gasteiger partial charge in [-0.1, -0.05) is 0 Å². The molecule has 0 aliphatic heterocycles. The van der Waals surface area contributed by atoms with Crippen LogP contribution in [0.1, 0.15) is 4.88 Å². The molecule has 1 N–H and O–H groups in total. The van der Waals surface area contributed by atoms with Crippen LogP contribution in [-0.4, -0.2) is 10.2 Å². The van der Waals surface area contributed by atoms with Crippen LogP contribution >= 0.6 is 11.3 Å². The van der Waals surface area contributed by atoms with Gasteiger partial charge >= 0.3 is 0 Å². The van der Waals surface area contributed by atoms with Gasteiger partial charge in [-0.05, 0) is 25.1 Å². The first-order chi connectivity index (χ1) is 6.34. The van der Waals surface area contributed by atoms with Crippen molar-refractivity contribution in [1.82, 2.24) is 10.2 Å². The van der Waals surface area contributed by atoms with E-state index in [1.54, 1.807) is 0 Å². The Kier molecular flexibility index (Phi) is 1.27. The van der Waals surface area contributed by atoms with E-state index in [9.17, 15) is 0 Å². The molecule has 0 fully saturated rings. The maximum Gasteiger partial charge on any atom is 0.0737 e. The molecule has 13 heavy (non-hydrogen) atoms. The van der Waals surface area contributed by atoms with Crippen LogP contribution in [0.2, 0.25) is 0 Å². The highest BCUT2D eigenvalue weighted by atomic mass is 32.1. The van der Waals surface area contributed by atoms with Gasteiger partial charge in [0.2, 0.25) is 0 Å². The van der Waals surface area contributed by atoms with E-state index in [1.807, 2.05) is 17.5 Å². The van der Waals surface area contributed by atoms with E-state index in [4.69, 9.17) is 0 Å². The van der Waals surface area contributed by atoms with Gasteiger partial charge in [-0.25, -0.2) is 0 Å². The zero-order valence-electron chi connectivity index (χ0n) is 7.16. The monoisotopic (exact) mass is 188 g/mol. The predicted molar refractivity (Wildman–Crippen MR) is 56.2 cm³/mol. The molecule has 0 spiro atoms. The summed E-state index contributed by atoms with van der Waals surface area (Å²) < 4.78 is 1.33. The van der Waals surface area contributed by atoms with Crippen molar-refractivity contribution in [3.63, 3.8) is 0 Å². The highest BCUT2D eigenvalue weighted by Crippen LogP contribution is 2.30. The number of nitrogens with zero attached hydrogens (tertiary/aromatic N) is 1. The largest absolute Gasteiger partial charge is 0.277 e. The van der Waals surface area contributed by atoms with Gasteiger partial charge in [0.1, 0.15) is 0 Å². The quantitative estimate of drug-likeness (QED) is 0.577.